The summed E-state index contributed by atoms with van der Waals surface area (Å²) in [5.41, 5.74) is 0. The van der Waals surface area contributed by atoms with Crippen LogP contribution in [0.15, 0.2) is 16.7 Å². The smallest absolute Gasteiger partial charge is 0.166 e. The Bertz CT molecular complexity index is 397. The normalized spacial score (nSPS) is 20.3. The molecule has 1 aromatic rings. The van der Waals surface area contributed by atoms with Gasteiger partial charge in [-0.15, -0.1) is 0 Å². The average Bonchev–Trinajstić information content (AvgIpc) is 2.65. The summed E-state index contributed by atoms with van der Waals surface area (Å²) in [5, 5.41) is 0. The number of anilines is 1. The number of rotatable bonds is 3. The monoisotopic (exact) mass is 301 g/mol. The van der Waals surface area contributed by atoms with Gasteiger partial charge in [0.2, 0.25) is 0 Å². The molecule has 0 saturated carbocycles. The van der Waals surface area contributed by atoms with Crippen LogP contribution in [0.2, 0.25) is 0 Å². The van der Waals surface area contributed by atoms with Crippen molar-refractivity contribution in [1.29, 1.82) is 0 Å². The molecule has 0 radical (unpaired) electrons. The molecule has 1 atom stereocenters. The highest BCUT2D eigenvalue weighted by atomic mass is 79.9. The van der Waals surface area contributed by atoms with Crippen LogP contribution in [-0.2, 0) is 0 Å². The molecule has 0 aromatic carbocycles. The van der Waals surface area contributed by atoms with Crippen LogP contribution in [0.25, 0.3) is 0 Å². The zero-order valence-corrected chi connectivity index (χ0v) is 11.7. The lowest BCUT2D eigenvalue weighted by Gasteiger charge is -2.28. The minimum absolute atomic E-state index is 0.245. The Morgan fingerprint density at radius 3 is 3.00 bits per heavy atom. The molecule has 0 N–H and O–H groups in total. The molecular formula is C12H17BrFN3. The third kappa shape index (κ3) is 2.96. The molecule has 1 unspecified atom stereocenters. The number of likely N-dealkylation sites (N-methyl/N-ethyl adjacent to an activating group) is 1. The first-order chi connectivity index (χ1) is 8.08. The van der Waals surface area contributed by atoms with E-state index in [1.807, 2.05) is 14.1 Å². The molecule has 3 nitrogen and oxygen atoms in total. The maximum atomic E-state index is 13.9. The van der Waals surface area contributed by atoms with Crippen molar-refractivity contribution >= 4 is 21.7 Å². The second-order valence-corrected chi connectivity index (χ2v) is 5.63. The fraction of sp³-hybridized carbons (Fsp3) is 0.583. The molecule has 1 aliphatic rings. The van der Waals surface area contributed by atoms with Crippen molar-refractivity contribution in [3.05, 3.63) is 22.6 Å². The maximum Gasteiger partial charge on any atom is 0.166 e. The molecule has 1 fully saturated rings. The lowest BCUT2D eigenvalue weighted by atomic mass is 10.2. The van der Waals surface area contributed by atoms with Crippen LogP contribution in [-0.4, -0.2) is 43.1 Å². The highest BCUT2D eigenvalue weighted by Gasteiger charge is 2.27. The van der Waals surface area contributed by atoms with Crippen LogP contribution in [0.5, 0.6) is 0 Å². The molecule has 0 spiro atoms. The summed E-state index contributed by atoms with van der Waals surface area (Å²) in [4.78, 5) is 8.43. The number of nitrogens with zero attached hydrogens (tertiary/aromatic N) is 3. The maximum absolute atomic E-state index is 13.9. The first-order valence-corrected chi connectivity index (χ1v) is 6.59. The Kier molecular flexibility index (Phi) is 3.99. The van der Waals surface area contributed by atoms with E-state index in [-0.39, 0.29) is 5.82 Å². The lowest BCUT2D eigenvalue weighted by molar-refractivity contribution is 0.370. The summed E-state index contributed by atoms with van der Waals surface area (Å²) in [5.74, 6) is 0.239. The molecule has 0 bridgehead atoms. The van der Waals surface area contributed by atoms with Crippen LogP contribution in [0.4, 0.5) is 10.2 Å². The van der Waals surface area contributed by atoms with E-state index in [9.17, 15) is 4.39 Å². The highest BCUT2D eigenvalue weighted by molar-refractivity contribution is 9.10. The van der Waals surface area contributed by atoms with Crippen molar-refractivity contribution in [3.63, 3.8) is 0 Å². The van der Waals surface area contributed by atoms with Crippen molar-refractivity contribution in [1.82, 2.24) is 9.88 Å². The Balaban J connectivity index is 2.20. The quantitative estimate of drug-likeness (QED) is 0.855. The molecule has 0 aliphatic carbocycles. The number of halogens is 2. The largest absolute Gasteiger partial charge is 0.350 e. The van der Waals surface area contributed by atoms with Crippen LogP contribution in [0, 0.1) is 5.82 Å². The van der Waals surface area contributed by atoms with Crippen molar-refractivity contribution in [2.75, 3.05) is 32.1 Å². The van der Waals surface area contributed by atoms with Crippen LogP contribution >= 0.6 is 15.9 Å². The van der Waals surface area contributed by atoms with Gasteiger partial charge < -0.3 is 9.80 Å². The molecule has 5 heteroatoms. The van der Waals surface area contributed by atoms with Crippen LogP contribution < -0.4 is 4.90 Å². The van der Waals surface area contributed by atoms with E-state index in [1.165, 1.54) is 6.07 Å². The Morgan fingerprint density at radius 1 is 1.59 bits per heavy atom. The van der Waals surface area contributed by atoms with E-state index in [4.69, 9.17) is 0 Å². The van der Waals surface area contributed by atoms with Gasteiger partial charge in [-0.1, -0.05) is 0 Å². The second-order valence-electron chi connectivity index (χ2n) is 4.71. The van der Waals surface area contributed by atoms with Gasteiger partial charge in [-0.3, -0.25) is 0 Å². The van der Waals surface area contributed by atoms with Gasteiger partial charge in [0.05, 0.1) is 0 Å². The van der Waals surface area contributed by atoms with E-state index in [0.717, 1.165) is 25.9 Å². The topological polar surface area (TPSA) is 19.4 Å². The highest BCUT2D eigenvalue weighted by Crippen LogP contribution is 2.27. The summed E-state index contributed by atoms with van der Waals surface area (Å²) >= 11 is 3.23. The van der Waals surface area contributed by atoms with Gasteiger partial charge in [0.15, 0.2) is 11.6 Å². The molecule has 0 amide bonds. The standard InChI is InChI=1S/C12H17BrFN3/c1-16(2)8-10-4-3-5-17(10)12-11(14)6-9(13)7-15-12/h6-7,10H,3-5,8H2,1-2H3. The van der Waals surface area contributed by atoms with Gasteiger partial charge in [0.1, 0.15) is 0 Å². The minimum atomic E-state index is -0.245. The van der Waals surface area contributed by atoms with E-state index in [0.29, 0.717) is 16.3 Å². The summed E-state index contributed by atoms with van der Waals surface area (Å²) in [6.45, 7) is 1.83. The zero-order valence-electron chi connectivity index (χ0n) is 10.2. The average molecular weight is 302 g/mol. The van der Waals surface area contributed by atoms with Gasteiger partial charge in [-0.25, -0.2) is 9.37 Å². The first kappa shape index (κ1) is 12.8. The second kappa shape index (κ2) is 5.31. The number of hydrogen-bond acceptors (Lipinski definition) is 3. The first-order valence-electron chi connectivity index (χ1n) is 5.80. The summed E-state index contributed by atoms with van der Waals surface area (Å²) in [6.07, 6.45) is 3.87. The summed E-state index contributed by atoms with van der Waals surface area (Å²) in [6, 6.07) is 1.85. The van der Waals surface area contributed by atoms with E-state index < -0.39 is 0 Å². The molecule has 2 heterocycles. The van der Waals surface area contributed by atoms with Gasteiger partial charge in [-0.2, -0.15) is 0 Å². The molecule has 94 valence electrons. The van der Waals surface area contributed by atoms with Crippen LogP contribution in [0.1, 0.15) is 12.8 Å². The van der Waals surface area contributed by atoms with Crippen LogP contribution in [0.3, 0.4) is 0 Å². The molecule has 1 saturated heterocycles. The number of aromatic nitrogens is 1. The van der Waals surface area contributed by atoms with Gasteiger partial charge in [0.25, 0.3) is 0 Å². The zero-order chi connectivity index (χ0) is 12.4. The van der Waals surface area contributed by atoms with E-state index in [2.05, 4.69) is 30.7 Å². The van der Waals surface area contributed by atoms with E-state index in [1.54, 1.807) is 6.20 Å². The summed E-state index contributed by atoms with van der Waals surface area (Å²) < 4.78 is 14.5. The van der Waals surface area contributed by atoms with Crippen molar-refractivity contribution < 1.29 is 4.39 Å². The molecule has 1 aromatic heterocycles. The third-order valence-electron chi connectivity index (χ3n) is 3.01. The SMILES string of the molecule is CN(C)CC1CCCN1c1ncc(Br)cc1F. The minimum Gasteiger partial charge on any atom is -0.350 e. The van der Waals surface area contributed by atoms with Gasteiger partial charge in [0, 0.05) is 29.8 Å². The summed E-state index contributed by atoms with van der Waals surface area (Å²) in [7, 11) is 4.09. The molecular weight excluding hydrogens is 285 g/mol. The fourth-order valence-corrected chi connectivity index (χ4v) is 2.65. The number of pyridine rings is 1. The predicted octanol–water partition coefficient (Wildman–Crippen LogP) is 2.51. The van der Waals surface area contributed by atoms with Crippen molar-refractivity contribution in [3.8, 4) is 0 Å². The Hall–Kier alpha value is -0.680. The van der Waals surface area contributed by atoms with Gasteiger partial charge >= 0.3 is 0 Å². The lowest BCUT2D eigenvalue weighted by Crippen LogP contribution is -2.38. The number of hydrogen-bond donors (Lipinski definition) is 0. The fourth-order valence-electron chi connectivity index (χ4n) is 2.34. The Labute approximate surface area is 110 Å². The molecule has 17 heavy (non-hydrogen) atoms. The third-order valence-corrected chi connectivity index (χ3v) is 3.45. The predicted molar refractivity (Wildman–Crippen MR) is 70.8 cm³/mol. The molecule has 2 rings (SSSR count). The van der Waals surface area contributed by atoms with E-state index >= 15 is 0 Å². The Morgan fingerprint density at radius 2 is 2.35 bits per heavy atom. The molecule has 1 aliphatic heterocycles. The van der Waals surface area contributed by atoms with Gasteiger partial charge in [-0.05, 0) is 48.9 Å². The van der Waals surface area contributed by atoms with Crippen molar-refractivity contribution in [2.45, 2.75) is 18.9 Å². The van der Waals surface area contributed by atoms with Crippen molar-refractivity contribution in [2.24, 2.45) is 0 Å².